The molecule has 4 saturated carbocycles. The Morgan fingerprint density at radius 3 is 2.61 bits per heavy atom. The molecule has 0 saturated heterocycles. The number of tetrazole rings is 1. The number of carbonyl (C=O) groups excluding carboxylic acids is 1. The van der Waals surface area contributed by atoms with Crippen LogP contribution in [0.15, 0.2) is 0 Å². The van der Waals surface area contributed by atoms with Crippen molar-refractivity contribution in [2.24, 2.45) is 40.4 Å². The van der Waals surface area contributed by atoms with E-state index in [4.69, 9.17) is 0 Å². The standard InChI is InChI=1S/C25H40N4O2/c1-5-25-11-10-19-18(7-6-17-14-23(3,31)12-13-24(17,19)4)20(25)8-9-21(25)22(30)15-29-27-16(2)26-28-29/h17-21,31H,5-15H2,1-4H3/t17-,18-,19+,20+,21-,23-,24+,25+/m1/s1. The lowest BCUT2D eigenvalue weighted by atomic mass is 9.43. The maximum Gasteiger partial charge on any atom is 0.171 e. The van der Waals surface area contributed by atoms with E-state index in [1.54, 1.807) is 0 Å². The third-order valence-electron chi connectivity index (χ3n) is 10.6. The summed E-state index contributed by atoms with van der Waals surface area (Å²) in [5.74, 6) is 3.94. The fourth-order valence-corrected chi connectivity index (χ4v) is 9.05. The summed E-state index contributed by atoms with van der Waals surface area (Å²) in [7, 11) is 0. The molecule has 6 nitrogen and oxygen atoms in total. The Morgan fingerprint density at radius 1 is 1.10 bits per heavy atom. The van der Waals surface area contributed by atoms with Crippen molar-refractivity contribution >= 4 is 5.78 Å². The molecular formula is C25H40N4O2. The van der Waals surface area contributed by atoms with Gasteiger partial charge in [-0.1, -0.05) is 13.8 Å². The zero-order valence-corrected chi connectivity index (χ0v) is 19.8. The first-order valence-electron chi connectivity index (χ1n) is 12.7. The fourth-order valence-electron chi connectivity index (χ4n) is 9.05. The molecule has 0 amide bonds. The molecule has 4 aliphatic rings. The number of hydrogen-bond donors (Lipinski definition) is 1. The summed E-state index contributed by atoms with van der Waals surface area (Å²) >= 11 is 0. The van der Waals surface area contributed by atoms with Gasteiger partial charge in [-0.05, 0) is 118 Å². The molecule has 1 N–H and O–H groups in total. The van der Waals surface area contributed by atoms with E-state index in [1.807, 2.05) is 13.8 Å². The molecule has 8 atom stereocenters. The van der Waals surface area contributed by atoms with Crippen LogP contribution >= 0.6 is 0 Å². The summed E-state index contributed by atoms with van der Waals surface area (Å²) in [6, 6.07) is 0. The number of rotatable bonds is 4. The molecule has 4 aliphatic carbocycles. The van der Waals surface area contributed by atoms with Gasteiger partial charge in [-0.25, -0.2) is 0 Å². The molecule has 0 aliphatic heterocycles. The molecule has 0 aromatic carbocycles. The van der Waals surface area contributed by atoms with Crippen LogP contribution in [0.5, 0.6) is 0 Å². The van der Waals surface area contributed by atoms with Gasteiger partial charge in [0.2, 0.25) is 0 Å². The first kappa shape index (κ1) is 21.5. The number of aliphatic hydroxyl groups is 1. The van der Waals surface area contributed by atoms with Gasteiger partial charge >= 0.3 is 0 Å². The highest BCUT2D eigenvalue weighted by molar-refractivity contribution is 5.82. The van der Waals surface area contributed by atoms with Crippen LogP contribution in [0.2, 0.25) is 0 Å². The topological polar surface area (TPSA) is 80.9 Å². The molecule has 5 rings (SSSR count). The highest BCUT2D eigenvalue weighted by Gasteiger charge is 2.62. The molecule has 1 heterocycles. The van der Waals surface area contributed by atoms with Gasteiger partial charge in [0.25, 0.3) is 0 Å². The SMILES string of the molecule is CC[C@]12CC[C@H]3[C@@H](CC[C@@H]4C[C@](C)(O)CC[C@@]43C)[C@@H]1CC[C@@H]2C(=O)Cn1nnc(C)n1. The van der Waals surface area contributed by atoms with Crippen LogP contribution < -0.4 is 0 Å². The zero-order chi connectivity index (χ0) is 22.0. The molecule has 0 bridgehead atoms. The van der Waals surface area contributed by atoms with Crippen LogP contribution in [0.4, 0.5) is 0 Å². The monoisotopic (exact) mass is 428 g/mol. The van der Waals surface area contributed by atoms with Gasteiger partial charge in [0.15, 0.2) is 11.6 Å². The number of carbonyl (C=O) groups is 1. The predicted molar refractivity (Wildman–Crippen MR) is 118 cm³/mol. The Bertz CT molecular complexity index is 850. The summed E-state index contributed by atoms with van der Waals surface area (Å²) in [6.45, 7) is 8.99. The minimum absolute atomic E-state index is 0.146. The van der Waals surface area contributed by atoms with Crippen molar-refractivity contribution in [1.29, 1.82) is 0 Å². The fraction of sp³-hybridized carbons (Fsp3) is 0.920. The molecule has 0 radical (unpaired) electrons. The maximum atomic E-state index is 13.4. The number of fused-ring (bicyclic) bond motifs is 5. The van der Waals surface area contributed by atoms with E-state index < -0.39 is 5.60 Å². The minimum Gasteiger partial charge on any atom is -0.390 e. The lowest BCUT2D eigenvalue weighted by Gasteiger charge is -2.62. The average Bonchev–Trinajstić information content (AvgIpc) is 3.32. The molecule has 31 heavy (non-hydrogen) atoms. The Hall–Kier alpha value is -1.30. The van der Waals surface area contributed by atoms with Crippen LogP contribution in [-0.2, 0) is 11.3 Å². The van der Waals surface area contributed by atoms with Crippen molar-refractivity contribution in [2.45, 2.75) is 104 Å². The second-order valence-corrected chi connectivity index (χ2v) is 11.9. The van der Waals surface area contributed by atoms with Crippen LogP contribution in [0.25, 0.3) is 0 Å². The van der Waals surface area contributed by atoms with E-state index in [9.17, 15) is 9.90 Å². The maximum absolute atomic E-state index is 13.4. The van der Waals surface area contributed by atoms with E-state index >= 15 is 0 Å². The number of aryl methyl sites for hydroxylation is 1. The Balaban J connectivity index is 1.37. The van der Waals surface area contributed by atoms with Crippen LogP contribution in [0.1, 0.15) is 90.8 Å². The molecule has 172 valence electrons. The number of Topliss-reactive ketones (excluding diaryl/α,β-unsaturated/α-hetero) is 1. The highest BCUT2D eigenvalue weighted by Crippen LogP contribution is 2.69. The summed E-state index contributed by atoms with van der Waals surface area (Å²) < 4.78 is 0. The third-order valence-corrected chi connectivity index (χ3v) is 10.6. The Labute approximate surface area is 186 Å². The second kappa shape index (κ2) is 7.36. The quantitative estimate of drug-likeness (QED) is 0.771. The summed E-state index contributed by atoms with van der Waals surface area (Å²) in [5.41, 5.74) is 0.0596. The van der Waals surface area contributed by atoms with Gasteiger partial charge in [-0.2, -0.15) is 4.80 Å². The van der Waals surface area contributed by atoms with Crippen molar-refractivity contribution in [1.82, 2.24) is 20.2 Å². The van der Waals surface area contributed by atoms with E-state index in [0.717, 1.165) is 43.9 Å². The molecule has 0 spiro atoms. The van der Waals surface area contributed by atoms with Gasteiger partial charge in [-0.15, -0.1) is 10.2 Å². The van der Waals surface area contributed by atoms with Crippen molar-refractivity contribution in [2.75, 3.05) is 0 Å². The Morgan fingerprint density at radius 2 is 1.90 bits per heavy atom. The highest BCUT2D eigenvalue weighted by atomic mass is 16.3. The van der Waals surface area contributed by atoms with E-state index in [1.165, 1.54) is 36.9 Å². The van der Waals surface area contributed by atoms with Crippen molar-refractivity contribution in [3.8, 4) is 0 Å². The van der Waals surface area contributed by atoms with Crippen molar-refractivity contribution in [3.05, 3.63) is 5.82 Å². The van der Waals surface area contributed by atoms with Gasteiger partial charge < -0.3 is 5.11 Å². The normalized spacial score (nSPS) is 46.8. The number of ketones is 1. The summed E-state index contributed by atoms with van der Waals surface area (Å²) in [5, 5.41) is 23.0. The van der Waals surface area contributed by atoms with E-state index in [0.29, 0.717) is 28.9 Å². The zero-order valence-electron chi connectivity index (χ0n) is 19.8. The van der Waals surface area contributed by atoms with Crippen LogP contribution in [0, 0.1) is 47.3 Å². The first-order chi connectivity index (χ1) is 14.7. The number of hydrogen-bond acceptors (Lipinski definition) is 5. The van der Waals surface area contributed by atoms with Gasteiger partial charge in [0.05, 0.1) is 5.60 Å². The molecule has 4 fully saturated rings. The van der Waals surface area contributed by atoms with Crippen LogP contribution in [0.3, 0.4) is 0 Å². The molecular weight excluding hydrogens is 388 g/mol. The molecule has 1 aromatic rings. The lowest BCUT2D eigenvalue weighted by molar-refractivity contribution is -0.154. The molecule has 0 unspecified atom stereocenters. The third kappa shape index (κ3) is 3.30. The smallest absolute Gasteiger partial charge is 0.171 e. The predicted octanol–water partition coefficient (Wildman–Crippen LogP) is 4.35. The van der Waals surface area contributed by atoms with Crippen molar-refractivity contribution < 1.29 is 9.90 Å². The number of aromatic nitrogens is 4. The van der Waals surface area contributed by atoms with E-state index in [-0.39, 0.29) is 17.9 Å². The van der Waals surface area contributed by atoms with Gasteiger partial charge in [0, 0.05) is 5.92 Å². The first-order valence-corrected chi connectivity index (χ1v) is 12.7. The van der Waals surface area contributed by atoms with Crippen molar-refractivity contribution in [3.63, 3.8) is 0 Å². The van der Waals surface area contributed by atoms with Gasteiger partial charge in [-0.3, -0.25) is 4.79 Å². The van der Waals surface area contributed by atoms with Gasteiger partial charge in [0.1, 0.15) is 6.54 Å². The number of nitrogens with zero attached hydrogens (tertiary/aromatic N) is 4. The second-order valence-electron chi connectivity index (χ2n) is 11.9. The average molecular weight is 429 g/mol. The minimum atomic E-state index is -0.475. The lowest BCUT2D eigenvalue weighted by Crippen LogP contribution is -2.56. The Kier molecular flexibility index (Phi) is 5.11. The van der Waals surface area contributed by atoms with Crippen LogP contribution in [-0.4, -0.2) is 36.7 Å². The summed E-state index contributed by atoms with van der Waals surface area (Å²) in [6.07, 6.45) is 11.4. The van der Waals surface area contributed by atoms with E-state index in [2.05, 4.69) is 29.3 Å². The largest absolute Gasteiger partial charge is 0.390 e. The molecule has 1 aromatic heterocycles. The molecule has 6 heteroatoms. The summed E-state index contributed by atoms with van der Waals surface area (Å²) in [4.78, 5) is 14.9.